The van der Waals surface area contributed by atoms with Crippen molar-refractivity contribution in [3.05, 3.63) is 39.9 Å². The molecule has 6 heteroatoms. The van der Waals surface area contributed by atoms with Crippen molar-refractivity contribution < 1.29 is 14.1 Å². The third-order valence-electron chi connectivity index (χ3n) is 1.41. The maximum absolute atomic E-state index is 11.0. The van der Waals surface area contributed by atoms with Crippen molar-refractivity contribution in [3.8, 4) is 0 Å². The molecule has 3 radical (unpaired) electrons. The van der Waals surface area contributed by atoms with E-state index in [-0.39, 0.29) is 11.3 Å². The van der Waals surface area contributed by atoms with Crippen LogP contribution in [0.1, 0.15) is 10.4 Å². The summed E-state index contributed by atoms with van der Waals surface area (Å²) >= 11 is 0. The summed E-state index contributed by atoms with van der Waals surface area (Å²) in [4.78, 5) is 20.7. The molecule has 0 saturated carbocycles. The molecule has 13 heavy (non-hydrogen) atoms. The van der Waals surface area contributed by atoms with Crippen LogP contribution in [-0.4, -0.2) is 21.4 Å². The fraction of sp³-hybridized carbons (Fsp3) is 0. The fourth-order valence-electron chi connectivity index (χ4n) is 0.860. The molecular weight excluding hydrogens is 190 g/mol. The van der Waals surface area contributed by atoms with Crippen LogP contribution in [0.25, 0.3) is 0 Å². The van der Waals surface area contributed by atoms with E-state index in [2.05, 4.69) is 14.9 Å². The third-order valence-corrected chi connectivity index (χ3v) is 1.60. The highest BCUT2D eigenvalue weighted by Crippen LogP contribution is 2.17. The summed E-state index contributed by atoms with van der Waals surface area (Å²) in [7, 11) is 2.51. The minimum Gasteiger partial charge on any atom is -0.512 e. The van der Waals surface area contributed by atoms with Gasteiger partial charge in [0.1, 0.15) is 5.56 Å². The molecule has 1 aromatic carbocycles. The molecule has 0 unspecified atom stereocenters. The number of hydrogen-bond donors (Lipinski definition) is 0. The number of carbonyl (C=O) groups excluding carboxylic acids is 1. The summed E-state index contributed by atoms with van der Waals surface area (Å²) in [5.41, 5.74) is -0.353. The second kappa shape index (κ2) is 3.81. The van der Waals surface area contributed by atoms with E-state index in [1.807, 2.05) is 0 Å². The van der Waals surface area contributed by atoms with Gasteiger partial charge in [-0.05, 0) is 6.07 Å². The van der Waals surface area contributed by atoms with E-state index in [9.17, 15) is 14.9 Å². The maximum Gasteiger partial charge on any atom is 0.345 e. The Hall–Kier alpha value is -1.69. The smallest absolute Gasteiger partial charge is 0.345 e. The Balaban J connectivity index is 3.19. The van der Waals surface area contributed by atoms with Crippen molar-refractivity contribution in [2.75, 3.05) is 0 Å². The number of nitro groups is 1. The van der Waals surface area contributed by atoms with Crippen molar-refractivity contribution in [2.45, 2.75) is 0 Å². The molecule has 65 valence electrons. The number of nitrogens with zero attached hydrogens (tertiary/aromatic N) is 1. The molecule has 1 aromatic rings. The molecule has 1 rings (SSSR count). The summed E-state index contributed by atoms with van der Waals surface area (Å²) in [6, 6.07) is 5.55. The normalized spacial score (nSPS) is 9.31. The van der Waals surface area contributed by atoms with Gasteiger partial charge in [-0.15, -0.1) is 0 Å². The van der Waals surface area contributed by atoms with Gasteiger partial charge in [0.15, 0.2) is 0 Å². The van der Waals surface area contributed by atoms with Crippen LogP contribution in [0.15, 0.2) is 24.3 Å². The molecule has 5 nitrogen and oxygen atoms in total. The SMILES string of the molecule is O=C(O[Si])c1ccccc1[N+](=O)[O-]. The molecule has 0 aliphatic rings. The molecule has 0 bridgehead atoms. The van der Waals surface area contributed by atoms with E-state index in [0.29, 0.717) is 0 Å². The molecule has 0 aliphatic carbocycles. The molecule has 0 N–H and O–H groups in total. The van der Waals surface area contributed by atoms with Gasteiger partial charge in [-0.3, -0.25) is 10.1 Å². The Morgan fingerprint density at radius 1 is 1.46 bits per heavy atom. The average Bonchev–Trinajstić information content (AvgIpc) is 2.16. The Morgan fingerprint density at radius 2 is 2.08 bits per heavy atom. The van der Waals surface area contributed by atoms with Gasteiger partial charge in [0.2, 0.25) is 0 Å². The minimum atomic E-state index is -0.788. The van der Waals surface area contributed by atoms with E-state index in [4.69, 9.17) is 0 Å². The molecule has 0 amide bonds. The second-order valence-electron chi connectivity index (χ2n) is 2.16. The first-order valence-corrected chi connectivity index (χ1v) is 3.69. The van der Waals surface area contributed by atoms with E-state index >= 15 is 0 Å². The monoisotopic (exact) mass is 194 g/mol. The number of hydrogen-bond acceptors (Lipinski definition) is 4. The van der Waals surface area contributed by atoms with E-state index in [0.717, 1.165) is 0 Å². The zero-order valence-corrected chi connectivity index (χ0v) is 7.39. The highest BCUT2D eigenvalue weighted by Gasteiger charge is 2.18. The van der Waals surface area contributed by atoms with Gasteiger partial charge < -0.3 is 4.43 Å². The highest BCUT2D eigenvalue weighted by atomic mass is 28.2. The lowest BCUT2D eigenvalue weighted by atomic mass is 10.2. The quantitative estimate of drug-likeness (QED) is 0.397. The van der Waals surface area contributed by atoms with Crippen LogP contribution in [0.4, 0.5) is 5.69 Å². The van der Waals surface area contributed by atoms with Crippen LogP contribution in [0.5, 0.6) is 0 Å². The van der Waals surface area contributed by atoms with Crippen LogP contribution in [0.3, 0.4) is 0 Å². The van der Waals surface area contributed by atoms with Crippen molar-refractivity contribution >= 4 is 22.1 Å². The Labute approximate surface area is 77.0 Å². The maximum atomic E-state index is 11.0. The summed E-state index contributed by atoms with van der Waals surface area (Å²) < 4.78 is 4.19. The Bertz CT molecular complexity index is 352. The van der Waals surface area contributed by atoms with Crippen LogP contribution in [-0.2, 0) is 4.43 Å². The Kier molecular flexibility index (Phi) is 2.75. The van der Waals surface area contributed by atoms with Gasteiger partial charge in [-0.1, -0.05) is 12.1 Å². The number of para-hydroxylation sites is 1. The van der Waals surface area contributed by atoms with Crippen LogP contribution >= 0.6 is 0 Å². The summed E-state index contributed by atoms with van der Waals surface area (Å²) in [5.74, 6) is -0.788. The standard InChI is InChI=1S/C7H4NO4Si/c9-7(12-13)5-3-1-2-4-6(5)8(10)11/h1-4H. The highest BCUT2D eigenvalue weighted by molar-refractivity contribution is 6.10. The second-order valence-corrected chi connectivity index (χ2v) is 2.37. The van der Waals surface area contributed by atoms with Gasteiger partial charge in [0.05, 0.1) is 4.92 Å². The van der Waals surface area contributed by atoms with Crippen LogP contribution < -0.4 is 0 Å². The van der Waals surface area contributed by atoms with Crippen molar-refractivity contribution in [1.29, 1.82) is 0 Å². The van der Waals surface area contributed by atoms with Crippen molar-refractivity contribution in [3.63, 3.8) is 0 Å². The topological polar surface area (TPSA) is 69.4 Å². The molecule has 0 aromatic heterocycles. The molecule has 0 saturated heterocycles. The van der Waals surface area contributed by atoms with Crippen LogP contribution in [0.2, 0.25) is 0 Å². The van der Waals surface area contributed by atoms with Gasteiger partial charge in [-0.2, -0.15) is 0 Å². The molecule has 0 spiro atoms. The minimum absolute atomic E-state index is 0.0810. The molecule has 0 heterocycles. The Morgan fingerprint density at radius 3 is 2.62 bits per heavy atom. The molecule has 0 aliphatic heterocycles. The number of benzene rings is 1. The summed E-state index contributed by atoms with van der Waals surface area (Å²) in [6.45, 7) is 0. The van der Waals surface area contributed by atoms with Crippen LogP contribution in [0, 0.1) is 10.1 Å². The number of rotatable bonds is 2. The first-order valence-electron chi connectivity index (χ1n) is 3.28. The number of carbonyl (C=O) groups is 1. The molecular formula is C7H4NO4Si. The first kappa shape index (κ1) is 9.40. The lowest BCUT2D eigenvalue weighted by molar-refractivity contribution is -0.385. The predicted molar refractivity (Wildman–Crippen MR) is 44.3 cm³/mol. The van der Waals surface area contributed by atoms with E-state index in [1.54, 1.807) is 0 Å². The number of nitro benzene ring substituents is 1. The summed E-state index contributed by atoms with van der Waals surface area (Å²) in [5, 5.41) is 10.4. The van der Waals surface area contributed by atoms with Crippen molar-refractivity contribution in [2.24, 2.45) is 0 Å². The molecule has 0 fully saturated rings. The van der Waals surface area contributed by atoms with Crippen molar-refractivity contribution in [1.82, 2.24) is 0 Å². The summed E-state index contributed by atoms with van der Waals surface area (Å²) in [6.07, 6.45) is 0. The van der Waals surface area contributed by atoms with E-state index < -0.39 is 10.9 Å². The average molecular weight is 194 g/mol. The third kappa shape index (κ3) is 1.91. The van der Waals surface area contributed by atoms with E-state index in [1.165, 1.54) is 24.3 Å². The van der Waals surface area contributed by atoms with Gasteiger partial charge in [-0.25, -0.2) is 4.79 Å². The molecule has 0 atom stereocenters. The van der Waals surface area contributed by atoms with Gasteiger partial charge in [0, 0.05) is 6.07 Å². The van der Waals surface area contributed by atoms with Gasteiger partial charge in [0.25, 0.3) is 5.69 Å². The largest absolute Gasteiger partial charge is 0.512 e. The zero-order chi connectivity index (χ0) is 9.84. The van der Waals surface area contributed by atoms with Gasteiger partial charge >= 0.3 is 16.5 Å². The lowest BCUT2D eigenvalue weighted by Crippen LogP contribution is -2.05. The first-order chi connectivity index (χ1) is 6.16. The zero-order valence-electron chi connectivity index (χ0n) is 6.39. The fourth-order valence-corrected chi connectivity index (χ4v) is 0.970. The predicted octanol–water partition coefficient (Wildman–Crippen LogP) is 0.835. The lowest BCUT2D eigenvalue weighted by Gasteiger charge is -1.99.